The van der Waals surface area contributed by atoms with E-state index in [1.54, 1.807) is 18.2 Å². The maximum Gasteiger partial charge on any atom is 0.335 e. The second kappa shape index (κ2) is 10.3. The van der Waals surface area contributed by atoms with Crippen LogP contribution in [0.5, 0.6) is 5.75 Å². The largest absolute Gasteiger partial charge is 0.494 e. The van der Waals surface area contributed by atoms with Gasteiger partial charge in [-0.05, 0) is 78.9 Å². The van der Waals surface area contributed by atoms with Gasteiger partial charge in [0.2, 0.25) is 0 Å². The van der Waals surface area contributed by atoms with Gasteiger partial charge in [0, 0.05) is 10.9 Å². The molecule has 0 radical (unpaired) electrons. The van der Waals surface area contributed by atoms with Crippen LogP contribution in [0.25, 0.3) is 6.08 Å². The maximum atomic E-state index is 13.2. The van der Waals surface area contributed by atoms with E-state index in [-0.39, 0.29) is 5.57 Å². The summed E-state index contributed by atoms with van der Waals surface area (Å²) >= 11 is 3.58. The Bertz CT molecular complexity index is 1360. The summed E-state index contributed by atoms with van der Waals surface area (Å²) in [5, 5.41) is 2.28. The van der Waals surface area contributed by atoms with Crippen LogP contribution in [0, 0.1) is 13.8 Å². The van der Waals surface area contributed by atoms with E-state index in [0.29, 0.717) is 30.0 Å². The number of aryl methyl sites for hydroxylation is 2. The zero-order valence-corrected chi connectivity index (χ0v) is 21.3. The fraction of sp³-hybridized carbons (Fsp3) is 0.179. The Labute approximate surface area is 212 Å². The highest BCUT2D eigenvalue weighted by molar-refractivity contribution is 9.10. The number of rotatable bonds is 6. The molecule has 0 saturated carbocycles. The maximum absolute atomic E-state index is 13.2. The Morgan fingerprint density at radius 3 is 2.43 bits per heavy atom. The Balaban J connectivity index is 1.68. The van der Waals surface area contributed by atoms with Crippen molar-refractivity contribution in [2.45, 2.75) is 27.2 Å². The number of nitrogens with zero attached hydrogens (tertiary/aromatic N) is 1. The number of hydrogen-bond acceptors (Lipinski definition) is 4. The van der Waals surface area contributed by atoms with E-state index in [1.165, 1.54) is 6.08 Å². The lowest BCUT2D eigenvalue weighted by molar-refractivity contribution is -0.122. The number of carbonyl (C=O) groups is 3. The van der Waals surface area contributed by atoms with E-state index >= 15 is 0 Å². The van der Waals surface area contributed by atoms with Crippen molar-refractivity contribution in [1.82, 2.24) is 5.32 Å². The average Bonchev–Trinajstić information content (AvgIpc) is 2.82. The highest BCUT2D eigenvalue weighted by atomic mass is 79.9. The van der Waals surface area contributed by atoms with Gasteiger partial charge in [-0.25, -0.2) is 9.69 Å². The minimum atomic E-state index is -0.765. The van der Waals surface area contributed by atoms with Gasteiger partial charge in [-0.1, -0.05) is 52.3 Å². The Morgan fingerprint density at radius 1 is 0.943 bits per heavy atom. The van der Waals surface area contributed by atoms with Gasteiger partial charge in [0.05, 0.1) is 12.3 Å². The van der Waals surface area contributed by atoms with E-state index in [4.69, 9.17) is 4.74 Å². The molecular weight excluding hydrogens is 508 g/mol. The summed E-state index contributed by atoms with van der Waals surface area (Å²) < 4.78 is 6.88. The van der Waals surface area contributed by atoms with E-state index in [1.807, 2.05) is 63.2 Å². The Morgan fingerprint density at radius 2 is 1.71 bits per heavy atom. The predicted octanol–water partition coefficient (Wildman–Crippen LogP) is 5.72. The van der Waals surface area contributed by atoms with Crippen LogP contribution in [0.4, 0.5) is 10.5 Å². The SMILES string of the molecule is CCOc1cc(/C=C2\C(=O)NC(=O)N(c3ccc(C)c(C)c3)C2=O)ccc1Cc1ccccc1Br. The fourth-order valence-corrected chi connectivity index (χ4v) is 4.29. The monoisotopic (exact) mass is 532 g/mol. The summed E-state index contributed by atoms with van der Waals surface area (Å²) in [5.41, 5.74) is 4.98. The quantitative estimate of drug-likeness (QED) is 0.325. The third-order valence-corrected chi connectivity index (χ3v) is 6.66. The molecule has 3 aromatic carbocycles. The van der Waals surface area contributed by atoms with Crippen LogP contribution in [-0.2, 0) is 16.0 Å². The van der Waals surface area contributed by atoms with Gasteiger partial charge in [0.25, 0.3) is 11.8 Å². The molecule has 0 spiro atoms. The molecule has 0 bridgehead atoms. The number of imide groups is 2. The van der Waals surface area contributed by atoms with Crippen LogP contribution in [0.3, 0.4) is 0 Å². The number of anilines is 1. The molecule has 0 atom stereocenters. The lowest BCUT2D eigenvalue weighted by Gasteiger charge is -2.27. The van der Waals surface area contributed by atoms with Gasteiger partial charge >= 0.3 is 6.03 Å². The molecule has 4 rings (SSSR count). The van der Waals surface area contributed by atoms with E-state index in [9.17, 15) is 14.4 Å². The number of amides is 4. The van der Waals surface area contributed by atoms with E-state index < -0.39 is 17.8 Å². The van der Waals surface area contributed by atoms with Gasteiger partial charge in [-0.15, -0.1) is 0 Å². The first-order valence-corrected chi connectivity index (χ1v) is 12.1. The van der Waals surface area contributed by atoms with Crippen LogP contribution < -0.4 is 15.0 Å². The predicted molar refractivity (Wildman–Crippen MR) is 139 cm³/mol. The minimum Gasteiger partial charge on any atom is -0.494 e. The molecule has 1 N–H and O–H groups in total. The zero-order chi connectivity index (χ0) is 25.1. The number of hydrogen-bond donors (Lipinski definition) is 1. The van der Waals surface area contributed by atoms with Gasteiger partial charge < -0.3 is 4.74 Å². The molecule has 1 fully saturated rings. The standard InChI is InChI=1S/C28H25BrN2O4/c1-4-35-25-15-19(10-11-21(25)16-20-7-5-6-8-24(20)29)14-23-26(32)30-28(34)31(27(23)33)22-12-9-17(2)18(3)13-22/h5-15H,4,16H2,1-3H3,(H,30,32,34)/b23-14+. The van der Waals surface area contributed by atoms with Crippen molar-refractivity contribution in [3.05, 3.63) is 98.5 Å². The molecule has 1 saturated heterocycles. The van der Waals surface area contributed by atoms with Crippen molar-refractivity contribution in [2.24, 2.45) is 0 Å². The highest BCUT2D eigenvalue weighted by Gasteiger charge is 2.36. The molecule has 0 aliphatic carbocycles. The van der Waals surface area contributed by atoms with Gasteiger partial charge in [-0.3, -0.25) is 14.9 Å². The zero-order valence-electron chi connectivity index (χ0n) is 19.7. The summed E-state index contributed by atoms with van der Waals surface area (Å²) in [5.74, 6) is -0.726. The molecule has 1 aliphatic rings. The van der Waals surface area contributed by atoms with Crippen LogP contribution in [0.15, 0.2) is 70.7 Å². The van der Waals surface area contributed by atoms with Gasteiger partial charge in [-0.2, -0.15) is 0 Å². The topological polar surface area (TPSA) is 75.7 Å². The molecule has 7 heteroatoms. The molecule has 3 aromatic rings. The average molecular weight is 533 g/mol. The van der Waals surface area contributed by atoms with Crippen molar-refractivity contribution < 1.29 is 19.1 Å². The van der Waals surface area contributed by atoms with Crippen molar-refractivity contribution in [2.75, 3.05) is 11.5 Å². The molecule has 0 aromatic heterocycles. The number of nitrogens with one attached hydrogen (secondary N) is 1. The van der Waals surface area contributed by atoms with Crippen LogP contribution >= 0.6 is 15.9 Å². The third-order valence-electron chi connectivity index (χ3n) is 5.89. The van der Waals surface area contributed by atoms with Crippen LogP contribution in [-0.4, -0.2) is 24.5 Å². The summed E-state index contributed by atoms with van der Waals surface area (Å²) in [6.07, 6.45) is 2.14. The molecule has 0 unspecified atom stereocenters. The van der Waals surface area contributed by atoms with Gasteiger partial charge in [0.1, 0.15) is 11.3 Å². The normalized spacial score (nSPS) is 14.9. The smallest absolute Gasteiger partial charge is 0.335 e. The Hall–Kier alpha value is -3.71. The van der Waals surface area contributed by atoms with Crippen LogP contribution in [0.2, 0.25) is 0 Å². The fourth-order valence-electron chi connectivity index (χ4n) is 3.87. The molecule has 6 nitrogen and oxygen atoms in total. The molecule has 178 valence electrons. The highest BCUT2D eigenvalue weighted by Crippen LogP contribution is 2.29. The molecular formula is C28H25BrN2O4. The number of ether oxygens (including phenoxy) is 1. The lowest BCUT2D eigenvalue weighted by atomic mass is 10.0. The number of urea groups is 1. The molecule has 1 aliphatic heterocycles. The number of carbonyl (C=O) groups excluding carboxylic acids is 3. The first-order chi connectivity index (χ1) is 16.8. The molecule has 35 heavy (non-hydrogen) atoms. The van der Waals surface area contributed by atoms with Crippen molar-refractivity contribution >= 4 is 45.5 Å². The van der Waals surface area contributed by atoms with Crippen molar-refractivity contribution in [1.29, 1.82) is 0 Å². The summed E-state index contributed by atoms with van der Waals surface area (Å²) in [7, 11) is 0. The second-order valence-electron chi connectivity index (χ2n) is 8.29. The van der Waals surface area contributed by atoms with E-state index in [0.717, 1.165) is 31.6 Å². The van der Waals surface area contributed by atoms with Crippen LogP contribution in [0.1, 0.15) is 34.7 Å². The summed E-state index contributed by atoms with van der Waals surface area (Å²) in [4.78, 5) is 39.3. The minimum absolute atomic E-state index is 0.121. The first-order valence-electron chi connectivity index (χ1n) is 11.3. The summed E-state index contributed by atoms with van der Waals surface area (Å²) in [6.45, 7) is 6.22. The summed E-state index contributed by atoms with van der Waals surface area (Å²) in [6, 6.07) is 18.1. The lowest BCUT2D eigenvalue weighted by Crippen LogP contribution is -2.54. The number of halogens is 1. The number of benzene rings is 3. The molecule has 4 amide bonds. The van der Waals surface area contributed by atoms with Crippen molar-refractivity contribution in [3.8, 4) is 5.75 Å². The van der Waals surface area contributed by atoms with Crippen molar-refractivity contribution in [3.63, 3.8) is 0 Å². The number of barbiturate groups is 1. The van der Waals surface area contributed by atoms with Gasteiger partial charge in [0.15, 0.2) is 0 Å². The third kappa shape index (κ3) is 5.20. The first kappa shape index (κ1) is 24.4. The molecule has 1 heterocycles. The van der Waals surface area contributed by atoms with E-state index in [2.05, 4.69) is 21.2 Å². The second-order valence-corrected chi connectivity index (χ2v) is 9.15. The Kier molecular flexibility index (Phi) is 7.17.